The first-order valence-electron chi connectivity index (χ1n) is 8.52. The van der Waals surface area contributed by atoms with E-state index in [2.05, 4.69) is 6.92 Å². The number of amides is 1. The van der Waals surface area contributed by atoms with Gasteiger partial charge in [0.1, 0.15) is 6.29 Å². The SMILES string of the molecule is COC(=O)c1c(CCC=O)sc(C(C)C2CCN(C(=O)O)CC2)c1C. The molecule has 2 rings (SSSR count). The number of rotatable bonds is 6. The van der Waals surface area contributed by atoms with Crippen LogP contribution in [0, 0.1) is 12.8 Å². The zero-order valence-electron chi connectivity index (χ0n) is 14.9. The number of aryl methyl sites for hydroxylation is 1. The molecule has 2 heterocycles. The minimum absolute atomic E-state index is 0.245. The van der Waals surface area contributed by atoms with Crippen LogP contribution in [0.15, 0.2) is 0 Å². The highest BCUT2D eigenvalue weighted by Crippen LogP contribution is 2.41. The summed E-state index contributed by atoms with van der Waals surface area (Å²) in [5.74, 6) is 0.278. The molecule has 1 aliphatic rings. The monoisotopic (exact) mass is 367 g/mol. The number of aldehydes is 1. The van der Waals surface area contributed by atoms with Gasteiger partial charge in [-0.25, -0.2) is 9.59 Å². The zero-order chi connectivity index (χ0) is 18.6. The first-order valence-corrected chi connectivity index (χ1v) is 9.34. The predicted molar refractivity (Wildman–Crippen MR) is 95.5 cm³/mol. The summed E-state index contributed by atoms with van der Waals surface area (Å²) in [6.45, 7) is 5.18. The summed E-state index contributed by atoms with van der Waals surface area (Å²) < 4.78 is 4.92. The van der Waals surface area contributed by atoms with Crippen molar-refractivity contribution in [1.82, 2.24) is 4.90 Å². The maximum atomic E-state index is 12.2. The largest absolute Gasteiger partial charge is 0.465 e. The molecule has 6 nitrogen and oxygen atoms in total. The Bertz CT molecular complexity index is 646. The Hall–Kier alpha value is -1.89. The summed E-state index contributed by atoms with van der Waals surface area (Å²) in [5.41, 5.74) is 1.53. The van der Waals surface area contributed by atoms with Crippen molar-refractivity contribution in [3.63, 3.8) is 0 Å². The van der Waals surface area contributed by atoms with E-state index in [1.54, 1.807) is 11.3 Å². The quantitative estimate of drug-likeness (QED) is 0.615. The lowest BCUT2D eigenvalue weighted by molar-refractivity contribution is -0.107. The van der Waals surface area contributed by atoms with Gasteiger partial charge < -0.3 is 19.5 Å². The van der Waals surface area contributed by atoms with Crippen LogP contribution in [0.4, 0.5) is 4.79 Å². The Morgan fingerprint density at radius 1 is 1.40 bits per heavy atom. The lowest BCUT2D eigenvalue weighted by Gasteiger charge is -2.33. The maximum absolute atomic E-state index is 12.2. The van der Waals surface area contributed by atoms with Crippen LogP contribution in [-0.4, -0.2) is 48.6 Å². The molecule has 0 aliphatic carbocycles. The van der Waals surface area contributed by atoms with E-state index in [1.807, 2.05) is 6.92 Å². The van der Waals surface area contributed by atoms with Crippen LogP contribution in [0.5, 0.6) is 0 Å². The van der Waals surface area contributed by atoms with Crippen LogP contribution in [0.2, 0.25) is 0 Å². The number of piperidine rings is 1. The van der Waals surface area contributed by atoms with Gasteiger partial charge >= 0.3 is 12.1 Å². The number of hydrogen-bond donors (Lipinski definition) is 1. The number of carboxylic acid groups (broad SMARTS) is 1. The number of carbonyl (C=O) groups is 3. The van der Waals surface area contributed by atoms with Crippen molar-refractivity contribution in [2.24, 2.45) is 5.92 Å². The number of nitrogens with zero attached hydrogens (tertiary/aromatic N) is 1. The average Bonchev–Trinajstić information content (AvgIpc) is 2.95. The highest BCUT2D eigenvalue weighted by atomic mass is 32.1. The average molecular weight is 367 g/mol. The lowest BCUT2D eigenvalue weighted by atomic mass is 9.83. The van der Waals surface area contributed by atoms with E-state index in [4.69, 9.17) is 9.84 Å². The van der Waals surface area contributed by atoms with Crippen LogP contribution >= 0.6 is 11.3 Å². The maximum Gasteiger partial charge on any atom is 0.407 e. The summed E-state index contributed by atoms with van der Waals surface area (Å²) in [6.07, 6.45) is 2.58. The normalized spacial score (nSPS) is 16.5. The van der Waals surface area contributed by atoms with Crippen molar-refractivity contribution in [2.45, 2.75) is 45.4 Å². The van der Waals surface area contributed by atoms with Crippen molar-refractivity contribution >= 4 is 29.7 Å². The molecule has 7 heteroatoms. The van der Waals surface area contributed by atoms with Crippen LogP contribution in [0.25, 0.3) is 0 Å². The highest BCUT2D eigenvalue weighted by Gasteiger charge is 2.31. The molecule has 0 saturated carbocycles. The molecule has 0 bridgehead atoms. The van der Waals surface area contributed by atoms with Crippen LogP contribution < -0.4 is 0 Å². The van der Waals surface area contributed by atoms with E-state index in [1.165, 1.54) is 12.0 Å². The molecule has 25 heavy (non-hydrogen) atoms. The molecule has 1 N–H and O–H groups in total. The summed E-state index contributed by atoms with van der Waals surface area (Å²) >= 11 is 1.59. The van der Waals surface area contributed by atoms with Crippen molar-refractivity contribution in [2.75, 3.05) is 20.2 Å². The van der Waals surface area contributed by atoms with Crippen LogP contribution in [0.1, 0.15) is 57.8 Å². The third-order valence-electron chi connectivity index (χ3n) is 5.07. The Kier molecular flexibility index (Phi) is 6.58. The summed E-state index contributed by atoms with van der Waals surface area (Å²) in [4.78, 5) is 37.5. The summed E-state index contributed by atoms with van der Waals surface area (Å²) in [7, 11) is 1.37. The number of thiophene rings is 1. The molecule has 1 fully saturated rings. The third kappa shape index (κ3) is 4.21. The fourth-order valence-corrected chi connectivity index (χ4v) is 5.02. The third-order valence-corrected chi connectivity index (χ3v) is 6.62. The van der Waals surface area contributed by atoms with Gasteiger partial charge in [0.05, 0.1) is 12.7 Å². The zero-order valence-corrected chi connectivity index (χ0v) is 15.7. The number of esters is 1. The molecular formula is C18H25NO5S. The van der Waals surface area contributed by atoms with Gasteiger partial charge in [0.25, 0.3) is 0 Å². The molecule has 1 amide bonds. The summed E-state index contributed by atoms with van der Waals surface area (Å²) in [5, 5.41) is 9.08. The Morgan fingerprint density at radius 2 is 2.04 bits per heavy atom. The van der Waals surface area contributed by atoms with E-state index >= 15 is 0 Å². The van der Waals surface area contributed by atoms with Crippen LogP contribution in [-0.2, 0) is 16.0 Å². The smallest absolute Gasteiger partial charge is 0.407 e. The first kappa shape index (κ1) is 19.4. The number of ether oxygens (including phenoxy) is 1. The highest BCUT2D eigenvalue weighted by molar-refractivity contribution is 7.12. The topological polar surface area (TPSA) is 83.9 Å². The fraction of sp³-hybridized carbons (Fsp3) is 0.611. The van der Waals surface area contributed by atoms with Gasteiger partial charge in [-0.2, -0.15) is 0 Å². The van der Waals surface area contributed by atoms with E-state index in [9.17, 15) is 14.4 Å². The standard InChI is InChI=1S/C18H25NO5S/c1-11(13-6-8-19(9-7-13)18(22)23)16-12(2)15(17(21)24-3)14(25-16)5-4-10-20/h10-11,13H,4-9H2,1-3H3,(H,22,23). The molecule has 1 atom stereocenters. The number of methoxy groups -OCH3 is 1. The van der Waals surface area contributed by atoms with Crippen molar-refractivity contribution in [1.29, 1.82) is 0 Å². The fourth-order valence-electron chi connectivity index (χ4n) is 3.57. The second-order valence-electron chi connectivity index (χ2n) is 6.48. The molecule has 138 valence electrons. The van der Waals surface area contributed by atoms with Gasteiger partial charge in [0.15, 0.2) is 0 Å². The Labute approximate surface area is 151 Å². The van der Waals surface area contributed by atoms with Gasteiger partial charge in [0.2, 0.25) is 0 Å². The lowest BCUT2D eigenvalue weighted by Crippen LogP contribution is -2.38. The minimum atomic E-state index is -0.859. The second kappa shape index (κ2) is 8.47. The molecule has 0 aromatic carbocycles. The van der Waals surface area contributed by atoms with E-state index in [0.717, 1.165) is 34.4 Å². The molecule has 1 unspecified atom stereocenters. The minimum Gasteiger partial charge on any atom is -0.465 e. The van der Waals surface area contributed by atoms with Gasteiger partial charge in [-0.15, -0.1) is 11.3 Å². The van der Waals surface area contributed by atoms with Crippen molar-refractivity contribution < 1.29 is 24.2 Å². The number of hydrogen-bond acceptors (Lipinski definition) is 5. The van der Waals surface area contributed by atoms with E-state index in [-0.39, 0.29) is 11.9 Å². The van der Waals surface area contributed by atoms with Crippen molar-refractivity contribution in [3.05, 3.63) is 20.9 Å². The molecular weight excluding hydrogens is 342 g/mol. The number of likely N-dealkylation sites (tertiary alicyclic amines) is 1. The van der Waals surface area contributed by atoms with Crippen molar-refractivity contribution in [3.8, 4) is 0 Å². The molecule has 1 aromatic heterocycles. The Balaban J connectivity index is 2.23. The van der Waals surface area contributed by atoms with Gasteiger partial charge in [-0.1, -0.05) is 6.92 Å². The molecule has 1 aromatic rings. The van der Waals surface area contributed by atoms with E-state index < -0.39 is 6.09 Å². The molecule has 1 aliphatic heterocycles. The number of carbonyl (C=O) groups excluding carboxylic acids is 2. The Morgan fingerprint density at radius 3 is 2.56 bits per heavy atom. The summed E-state index contributed by atoms with van der Waals surface area (Å²) in [6, 6.07) is 0. The second-order valence-corrected chi connectivity index (χ2v) is 7.62. The molecule has 0 spiro atoms. The predicted octanol–water partition coefficient (Wildman–Crippen LogP) is 3.47. The van der Waals surface area contributed by atoms with Gasteiger partial charge in [-0.05, 0) is 43.6 Å². The molecule has 1 saturated heterocycles. The van der Waals surface area contributed by atoms with Crippen LogP contribution in [0.3, 0.4) is 0 Å². The van der Waals surface area contributed by atoms with E-state index in [0.29, 0.717) is 37.4 Å². The first-order chi connectivity index (χ1) is 11.9. The van der Waals surface area contributed by atoms with Gasteiger partial charge in [0, 0.05) is 29.3 Å². The van der Waals surface area contributed by atoms with Gasteiger partial charge in [-0.3, -0.25) is 0 Å². The molecule has 0 radical (unpaired) electrons.